The minimum absolute atomic E-state index is 0.0408. The quantitative estimate of drug-likeness (QED) is 0.166. The number of fused-ring (bicyclic) bond motifs is 1. The number of rotatable bonds is 8. The van der Waals surface area contributed by atoms with Crippen LogP contribution in [0, 0.1) is 0 Å². The molecular weight excluding hydrogens is 564 g/mol. The highest BCUT2D eigenvalue weighted by Gasteiger charge is 2.49. The topological polar surface area (TPSA) is 234 Å². The van der Waals surface area contributed by atoms with Crippen LogP contribution in [0.2, 0.25) is 0 Å². The lowest BCUT2D eigenvalue weighted by Crippen LogP contribution is -2.60. The Morgan fingerprint density at radius 3 is 2.40 bits per heavy atom. The second-order valence-electron chi connectivity index (χ2n) is 10.3. The van der Waals surface area contributed by atoms with Crippen LogP contribution >= 0.6 is 0 Å². The average Bonchev–Trinajstić information content (AvgIpc) is 3.26. The van der Waals surface area contributed by atoms with E-state index in [-0.39, 0.29) is 41.6 Å². The molecule has 5 rings (SSSR count). The van der Waals surface area contributed by atoms with Gasteiger partial charge in [0.15, 0.2) is 17.3 Å². The lowest BCUT2D eigenvalue weighted by molar-refractivity contribution is -0.277. The zero-order valence-corrected chi connectivity index (χ0v) is 22.3. The highest BCUT2D eigenvalue weighted by atomic mass is 16.7. The van der Waals surface area contributed by atoms with Gasteiger partial charge in [0.2, 0.25) is 12.6 Å². The molecule has 2 saturated heterocycles. The van der Waals surface area contributed by atoms with Crippen LogP contribution in [0.5, 0.6) is 28.7 Å². The van der Waals surface area contributed by atoms with Gasteiger partial charge in [-0.1, -0.05) is 6.07 Å². The van der Waals surface area contributed by atoms with Gasteiger partial charge in [0.1, 0.15) is 65.0 Å². The number of hydrogen-bond donors (Lipinski definition) is 8. The maximum atomic E-state index is 13.0. The van der Waals surface area contributed by atoms with Crippen LogP contribution in [-0.2, 0) is 9.47 Å². The Balaban J connectivity index is 1.35. The Kier molecular flexibility index (Phi) is 8.48. The molecule has 2 aromatic rings. The number of benzene rings is 2. The molecular formula is C27H32O15. The molecule has 15 heteroatoms. The van der Waals surface area contributed by atoms with E-state index in [9.17, 15) is 45.6 Å². The van der Waals surface area contributed by atoms with Crippen molar-refractivity contribution in [3.63, 3.8) is 0 Å². The average molecular weight is 597 g/mol. The van der Waals surface area contributed by atoms with Crippen LogP contribution in [0.4, 0.5) is 0 Å². The largest absolute Gasteiger partial charge is 0.507 e. The number of methoxy groups -OCH3 is 1. The van der Waals surface area contributed by atoms with Crippen LogP contribution in [0.25, 0.3) is 0 Å². The summed E-state index contributed by atoms with van der Waals surface area (Å²) in [5.74, 6) is -0.711. The molecule has 15 nitrogen and oxygen atoms in total. The van der Waals surface area contributed by atoms with E-state index in [0.717, 1.165) is 6.07 Å². The number of phenolic OH excluding ortho intramolecular Hbond substituents is 1. The molecule has 2 fully saturated rings. The van der Waals surface area contributed by atoms with Gasteiger partial charge < -0.3 is 69.3 Å². The number of aromatic hydroxyl groups is 1. The fraction of sp³-hybridized carbons (Fsp3) is 0.519. The predicted molar refractivity (Wildman–Crippen MR) is 136 cm³/mol. The van der Waals surface area contributed by atoms with Crippen molar-refractivity contribution < 1.29 is 74.1 Å². The van der Waals surface area contributed by atoms with Gasteiger partial charge in [-0.3, -0.25) is 4.79 Å². The summed E-state index contributed by atoms with van der Waals surface area (Å²) in [7, 11) is 1.37. The fourth-order valence-electron chi connectivity index (χ4n) is 4.97. The van der Waals surface area contributed by atoms with Gasteiger partial charge in [0, 0.05) is 12.1 Å². The summed E-state index contributed by atoms with van der Waals surface area (Å²) in [5, 5.41) is 80.1. The summed E-state index contributed by atoms with van der Waals surface area (Å²) in [5.41, 5.74) is -1.49. The van der Waals surface area contributed by atoms with Crippen molar-refractivity contribution in [2.24, 2.45) is 0 Å². The minimum atomic E-state index is -1.88. The number of phenols is 1. The molecule has 0 spiro atoms. The lowest BCUT2D eigenvalue weighted by Gasteiger charge is -2.39. The van der Waals surface area contributed by atoms with E-state index in [1.807, 2.05) is 0 Å². The number of Topliss-reactive ketones (excluding diaryl/α,β-unsaturated/α-hetero) is 1. The number of ketones is 1. The number of carbonyl (C=O) groups is 1. The standard InChI is InChI=1S/C27H32O15/c1-37-17-4-11(2-3-15(17)41-26-24(35)27(36,9-29)10-38-26)16-7-14(31)20-13(30)5-12(6-18(20)40-16)39-25-23(34)22(33)21(32)19(8-28)42-25/h2-6,16,19,21-26,28-30,32-36H,7-10H2,1H3/t16-,19-,21-,22-,23-,24+,25+,26-,27+/m0/s1. The van der Waals surface area contributed by atoms with Crippen molar-refractivity contribution in [1.82, 2.24) is 0 Å². The number of hydrogen-bond acceptors (Lipinski definition) is 15. The predicted octanol–water partition coefficient (Wildman–Crippen LogP) is -1.89. The number of carbonyl (C=O) groups excluding carboxylic acids is 1. The smallest absolute Gasteiger partial charge is 0.229 e. The molecule has 3 aliphatic rings. The Morgan fingerprint density at radius 1 is 0.976 bits per heavy atom. The Labute approximate surface area is 238 Å². The van der Waals surface area contributed by atoms with Gasteiger partial charge in [0.05, 0.1) is 33.4 Å². The van der Waals surface area contributed by atoms with Crippen LogP contribution in [-0.4, -0.2) is 122 Å². The van der Waals surface area contributed by atoms with Crippen molar-refractivity contribution in [2.45, 2.75) is 61.2 Å². The van der Waals surface area contributed by atoms with E-state index in [2.05, 4.69) is 0 Å². The summed E-state index contributed by atoms with van der Waals surface area (Å²) >= 11 is 0. The van der Waals surface area contributed by atoms with E-state index < -0.39 is 79.6 Å². The second-order valence-corrected chi connectivity index (χ2v) is 10.3. The van der Waals surface area contributed by atoms with Gasteiger partial charge in [-0.15, -0.1) is 0 Å². The van der Waals surface area contributed by atoms with E-state index in [1.54, 1.807) is 6.07 Å². The molecule has 9 atom stereocenters. The molecule has 0 unspecified atom stereocenters. The van der Waals surface area contributed by atoms with Gasteiger partial charge in [-0.05, 0) is 17.7 Å². The summed E-state index contributed by atoms with van der Waals surface area (Å²) in [6, 6.07) is 6.99. The molecule has 230 valence electrons. The first-order valence-electron chi connectivity index (χ1n) is 13.0. The third-order valence-electron chi connectivity index (χ3n) is 7.46. The van der Waals surface area contributed by atoms with Crippen molar-refractivity contribution in [1.29, 1.82) is 0 Å². The van der Waals surface area contributed by atoms with Crippen molar-refractivity contribution in [3.8, 4) is 28.7 Å². The summed E-state index contributed by atoms with van der Waals surface area (Å²) in [6.07, 6.45) is -11.5. The second kappa shape index (κ2) is 11.8. The van der Waals surface area contributed by atoms with Crippen molar-refractivity contribution in [2.75, 3.05) is 26.9 Å². The number of ether oxygens (including phenoxy) is 6. The van der Waals surface area contributed by atoms with Gasteiger partial charge in [-0.25, -0.2) is 0 Å². The molecule has 2 aromatic carbocycles. The van der Waals surface area contributed by atoms with E-state index in [0.29, 0.717) is 5.56 Å². The lowest BCUT2D eigenvalue weighted by atomic mass is 9.95. The molecule has 3 heterocycles. The van der Waals surface area contributed by atoms with E-state index in [1.165, 1.54) is 25.3 Å². The molecule has 0 aliphatic carbocycles. The highest BCUT2D eigenvalue weighted by molar-refractivity contribution is 6.02. The molecule has 3 aliphatic heterocycles. The molecule has 0 aromatic heterocycles. The molecule has 42 heavy (non-hydrogen) atoms. The van der Waals surface area contributed by atoms with Crippen molar-refractivity contribution in [3.05, 3.63) is 41.5 Å². The fourth-order valence-corrected chi connectivity index (χ4v) is 4.97. The summed E-state index contributed by atoms with van der Waals surface area (Å²) in [6.45, 7) is -1.74. The first-order chi connectivity index (χ1) is 20.0. The van der Waals surface area contributed by atoms with Crippen LogP contribution in [0.15, 0.2) is 30.3 Å². The molecule has 0 radical (unpaired) electrons. The molecule has 0 bridgehead atoms. The summed E-state index contributed by atoms with van der Waals surface area (Å²) < 4.78 is 33.3. The first-order valence-corrected chi connectivity index (χ1v) is 13.0. The maximum Gasteiger partial charge on any atom is 0.229 e. The monoisotopic (exact) mass is 596 g/mol. The zero-order chi connectivity index (χ0) is 30.3. The minimum Gasteiger partial charge on any atom is -0.507 e. The van der Waals surface area contributed by atoms with Gasteiger partial charge >= 0.3 is 0 Å². The Bertz CT molecular complexity index is 1300. The third kappa shape index (κ3) is 5.46. The Morgan fingerprint density at radius 2 is 1.74 bits per heavy atom. The van der Waals surface area contributed by atoms with E-state index in [4.69, 9.17) is 28.4 Å². The van der Waals surface area contributed by atoms with Crippen LogP contribution < -0.4 is 18.9 Å². The summed E-state index contributed by atoms with van der Waals surface area (Å²) in [4.78, 5) is 13.0. The highest BCUT2D eigenvalue weighted by Crippen LogP contribution is 2.44. The maximum absolute atomic E-state index is 13.0. The van der Waals surface area contributed by atoms with Crippen molar-refractivity contribution >= 4 is 5.78 Å². The molecule has 0 saturated carbocycles. The van der Waals surface area contributed by atoms with Crippen LogP contribution in [0.3, 0.4) is 0 Å². The molecule has 0 amide bonds. The third-order valence-corrected chi connectivity index (χ3v) is 7.46. The van der Waals surface area contributed by atoms with Gasteiger partial charge in [0.25, 0.3) is 0 Å². The van der Waals surface area contributed by atoms with Crippen LogP contribution in [0.1, 0.15) is 28.4 Å². The number of aliphatic hydroxyl groups is 7. The first kappa shape index (κ1) is 30.2. The van der Waals surface area contributed by atoms with Gasteiger partial charge in [-0.2, -0.15) is 0 Å². The SMILES string of the molecule is COc1cc([C@@H]2CC(=O)c3c(O)cc(O[C@@H]4O[C@@H](CO)[C@H](O)[C@H](O)[C@@H]4O)cc3O2)ccc1O[C@@H]1OC[C@](O)(CO)[C@@H]1O. The molecule has 8 N–H and O–H groups in total. The Hall–Kier alpha value is -3.25. The van der Waals surface area contributed by atoms with E-state index >= 15 is 0 Å². The number of aliphatic hydroxyl groups excluding tert-OH is 6. The zero-order valence-electron chi connectivity index (χ0n) is 22.3. The normalized spacial score (nSPS) is 34.4.